The molecule has 0 bridgehead atoms. The van der Waals surface area contributed by atoms with Crippen molar-refractivity contribution < 1.29 is 17.9 Å². The molecular weight excluding hydrogens is 352 g/mol. The molecule has 3 rings (SSSR count). The number of sulfonamides is 1. The Morgan fingerprint density at radius 1 is 1.08 bits per heavy atom. The number of rotatable bonds is 4. The van der Waals surface area contributed by atoms with Gasteiger partial charge in [-0.05, 0) is 55.9 Å². The van der Waals surface area contributed by atoms with E-state index in [2.05, 4.69) is 6.92 Å². The minimum atomic E-state index is -3.59. The molecule has 0 aliphatic carbocycles. The molecule has 2 aliphatic heterocycles. The van der Waals surface area contributed by atoms with Gasteiger partial charge in [-0.15, -0.1) is 0 Å². The van der Waals surface area contributed by atoms with E-state index in [9.17, 15) is 13.2 Å². The highest BCUT2D eigenvalue weighted by molar-refractivity contribution is 7.89. The van der Waals surface area contributed by atoms with Gasteiger partial charge in [0.15, 0.2) is 0 Å². The van der Waals surface area contributed by atoms with E-state index < -0.39 is 10.0 Å². The quantitative estimate of drug-likeness (QED) is 0.804. The summed E-state index contributed by atoms with van der Waals surface area (Å²) in [4.78, 5) is 15.1. The Morgan fingerprint density at radius 2 is 1.77 bits per heavy atom. The number of amides is 1. The summed E-state index contributed by atoms with van der Waals surface area (Å²) in [6.07, 6.45) is 3.67. The average molecular weight is 381 g/mol. The summed E-state index contributed by atoms with van der Waals surface area (Å²) < 4.78 is 32.4. The third-order valence-electron chi connectivity index (χ3n) is 5.40. The monoisotopic (exact) mass is 380 g/mol. The lowest BCUT2D eigenvalue weighted by atomic mass is 9.94. The van der Waals surface area contributed by atoms with E-state index in [1.165, 1.54) is 4.31 Å². The molecule has 1 aromatic carbocycles. The molecule has 2 saturated heterocycles. The molecule has 2 heterocycles. The van der Waals surface area contributed by atoms with Crippen molar-refractivity contribution in [2.45, 2.75) is 37.5 Å². The fourth-order valence-electron chi connectivity index (χ4n) is 3.91. The first kappa shape index (κ1) is 19.2. The Labute approximate surface area is 156 Å². The number of ether oxygens (including phenoxy) is 1. The second-order valence-corrected chi connectivity index (χ2v) is 9.35. The van der Waals surface area contributed by atoms with Crippen LogP contribution >= 0.6 is 0 Å². The Balaban J connectivity index is 1.71. The molecule has 7 heteroatoms. The first-order valence-corrected chi connectivity index (χ1v) is 10.8. The predicted octanol–water partition coefficient (Wildman–Crippen LogP) is 2.35. The Hall–Kier alpha value is -1.60. The number of methoxy groups -OCH3 is 1. The lowest BCUT2D eigenvalue weighted by molar-refractivity contribution is -0.138. The molecule has 2 atom stereocenters. The van der Waals surface area contributed by atoms with Gasteiger partial charge < -0.3 is 9.64 Å². The van der Waals surface area contributed by atoms with Crippen LogP contribution in [0.15, 0.2) is 29.2 Å². The topological polar surface area (TPSA) is 66.9 Å². The summed E-state index contributed by atoms with van der Waals surface area (Å²) in [6.45, 7) is 4.50. The van der Waals surface area contributed by atoms with E-state index in [0.717, 1.165) is 38.8 Å². The van der Waals surface area contributed by atoms with Crippen molar-refractivity contribution in [1.29, 1.82) is 0 Å². The minimum Gasteiger partial charge on any atom is -0.497 e. The van der Waals surface area contributed by atoms with Crippen LogP contribution in [0.2, 0.25) is 0 Å². The van der Waals surface area contributed by atoms with Crippen LogP contribution in [0.4, 0.5) is 0 Å². The van der Waals surface area contributed by atoms with Gasteiger partial charge >= 0.3 is 0 Å². The van der Waals surface area contributed by atoms with Crippen LogP contribution in [0.1, 0.15) is 32.6 Å². The van der Waals surface area contributed by atoms with Crippen LogP contribution in [0.25, 0.3) is 0 Å². The zero-order valence-corrected chi connectivity index (χ0v) is 16.4. The fraction of sp³-hybridized carbons (Fsp3) is 0.632. The van der Waals surface area contributed by atoms with Crippen molar-refractivity contribution in [3.63, 3.8) is 0 Å². The van der Waals surface area contributed by atoms with Crippen molar-refractivity contribution in [2.75, 3.05) is 33.3 Å². The third kappa shape index (κ3) is 4.04. The molecule has 1 amide bonds. The number of carbonyl (C=O) groups is 1. The molecular formula is C19H28N2O4S. The maximum atomic E-state index is 12.9. The molecule has 0 radical (unpaired) electrons. The van der Waals surface area contributed by atoms with Gasteiger partial charge in [0.25, 0.3) is 0 Å². The van der Waals surface area contributed by atoms with E-state index in [1.807, 2.05) is 4.90 Å². The maximum absolute atomic E-state index is 12.9. The van der Waals surface area contributed by atoms with Gasteiger partial charge in [-0.3, -0.25) is 4.79 Å². The smallest absolute Gasteiger partial charge is 0.243 e. The standard InChI is InChI=1S/C19H28N2O4S/c1-15-5-3-11-20(13-15)19(22)16-6-4-12-21(14-16)26(23,24)18-9-7-17(25-2)8-10-18/h7-10,15-16H,3-6,11-14H2,1-2H3. The van der Waals surface area contributed by atoms with E-state index >= 15 is 0 Å². The van der Waals surface area contributed by atoms with E-state index in [4.69, 9.17) is 4.74 Å². The van der Waals surface area contributed by atoms with Crippen LogP contribution in [0, 0.1) is 11.8 Å². The summed E-state index contributed by atoms with van der Waals surface area (Å²) in [6, 6.07) is 6.42. The molecule has 2 fully saturated rings. The Bertz CT molecular complexity index is 732. The van der Waals surface area contributed by atoms with Gasteiger partial charge in [-0.25, -0.2) is 8.42 Å². The van der Waals surface area contributed by atoms with Gasteiger partial charge in [-0.2, -0.15) is 4.31 Å². The maximum Gasteiger partial charge on any atom is 0.243 e. The summed E-state index contributed by atoms with van der Waals surface area (Å²) >= 11 is 0. The molecule has 0 spiro atoms. The summed E-state index contributed by atoms with van der Waals surface area (Å²) in [5.41, 5.74) is 0. The molecule has 144 valence electrons. The molecule has 6 nitrogen and oxygen atoms in total. The van der Waals surface area contributed by atoms with Crippen LogP contribution < -0.4 is 4.74 Å². The van der Waals surface area contributed by atoms with Crippen molar-refractivity contribution in [2.24, 2.45) is 11.8 Å². The number of piperidine rings is 2. The summed E-state index contributed by atoms with van der Waals surface area (Å²) in [5.74, 6) is 1.03. The third-order valence-corrected chi connectivity index (χ3v) is 7.28. The highest BCUT2D eigenvalue weighted by atomic mass is 32.2. The average Bonchev–Trinajstić information content (AvgIpc) is 2.67. The molecule has 1 aromatic rings. The minimum absolute atomic E-state index is 0.117. The van der Waals surface area contributed by atoms with Gasteiger partial charge in [-0.1, -0.05) is 6.92 Å². The zero-order valence-electron chi connectivity index (χ0n) is 15.6. The van der Waals surface area contributed by atoms with E-state index in [-0.39, 0.29) is 23.3 Å². The number of benzene rings is 1. The molecule has 0 aromatic heterocycles. The first-order chi connectivity index (χ1) is 12.4. The molecule has 0 N–H and O–H groups in total. The lowest BCUT2D eigenvalue weighted by Gasteiger charge is -2.37. The number of nitrogens with zero attached hydrogens (tertiary/aromatic N) is 2. The predicted molar refractivity (Wildman–Crippen MR) is 99.5 cm³/mol. The fourth-order valence-corrected chi connectivity index (χ4v) is 5.43. The van der Waals surface area contributed by atoms with Crippen molar-refractivity contribution in [3.8, 4) is 5.75 Å². The van der Waals surface area contributed by atoms with Crippen LogP contribution in [-0.2, 0) is 14.8 Å². The molecule has 2 unspecified atom stereocenters. The second kappa shape index (κ2) is 7.96. The number of likely N-dealkylation sites (tertiary alicyclic amines) is 1. The second-order valence-electron chi connectivity index (χ2n) is 7.41. The lowest BCUT2D eigenvalue weighted by Crippen LogP contribution is -2.48. The highest BCUT2D eigenvalue weighted by Gasteiger charge is 2.35. The normalized spacial score (nSPS) is 25.1. The molecule has 2 aliphatic rings. The SMILES string of the molecule is COc1ccc(S(=O)(=O)N2CCCC(C(=O)N3CCCC(C)C3)C2)cc1. The number of hydrogen-bond donors (Lipinski definition) is 0. The van der Waals surface area contributed by atoms with Gasteiger partial charge in [0.1, 0.15) is 5.75 Å². The zero-order chi connectivity index (χ0) is 18.7. The van der Waals surface area contributed by atoms with Crippen LogP contribution in [0.5, 0.6) is 5.75 Å². The Kier molecular flexibility index (Phi) is 5.87. The van der Waals surface area contributed by atoms with E-state index in [0.29, 0.717) is 18.2 Å². The largest absolute Gasteiger partial charge is 0.497 e. The number of hydrogen-bond acceptors (Lipinski definition) is 4. The van der Waals surface area contributed by atoms with Crippen molar-refractivity contribution in [1.82, 2.24) is 9.21 Å². The van der Waals surface area contributed by atoms with Crippen LogP contribution in [0.3, 0.4) is 0 Å². The van der Waals surface area contributed by atoms with Crippen LogP contribution in [-0.4, -0.2) is 56.8 Å². The summed E-state index contributed by atoms with van der Waals surface area (Å²) in [7, 11) is -2.04. The molecule has 26 heavy (non-hydrogen) atoms. The van der Waals surface area contributed by atoms with Gasteiger partial charge in [0, 0.05) is 26.2 Å². The van der Waals surface area contributed by atoms with E-state index in [1.54, 1.807) is 31.4 Å². The van der Waals surface area contributed by atoms with Crippen molar-refractivity contribution in [3.05, 3.63) is 24.3 Å². The first-order valence-electron chi connectivity index (χ1n) is 9.35. The van der Waals surface area contributed by atoms with Crippen molar-refractivity contribution >= 4 is 15.9 Å². The van der Waals surface area contributed by atoms with Gasteiger partial charge in [0.05, 0.1) is 17.9 Å². The summed E-state index contributed by atoms with van der Waals surface area (Å²) in [5, 5.41) is 0. The van der Waals surface area contributed by atoms with Gasteiger partial charge in [0.2, 0.25) is 15.9 Å². The molecule has 0 saturated carbocycles. The Morgan fingerprint density at radius 3 is 2.42 bits per heavy atom. The number of carbonyl (C=O) groups excluding carboxylic acids is 1. The highest BCUT2D eigenvalue weighted by Crippen LogP contribution is 2.27.